The zero-order valence-electron chi connectivity index (χ0n) is 17.0. The van der Waals surface area contributed by atoms with Gasteiger partial charge >= 0.3 is 0 Å². The fourth-order valence-electron chi connectivity index (χ4n) is 4.07. The van der Waals surface area contributed by atoms with Gasteiger partial charge in [-0.2, -0.15) is 5.10 Å². The van der Waals surface area contributed by atoms with E-state index in [0.29, 0.717) is 24.3 Å². The molecule has 0 unspecified atom stereocenters. The maximum atomic E-state index is 14.6. The number of halogens is 1. The molecule has 0 spiro atoms. The summed E-state index contributed by atoms with van der Waals surface area (Å²) >= 11 is 1.33. The maximum absolute atomic E-state index is 14.6. The van der Waals surface area contributed by atoms with Gasteiger partial charge in [0.05, 0.1) is 17.2 Å². The van der Waals surface area contributed by atoms with E-state index in [0.717, 1.165) is 21.7 Å². The van der Waals surface area contributed by atoms with Crippen LogP contribution >= 0.6 is 11.8 Å². The van der Waals surface area contributed by atoms with E-state index in [9.17, 15) is 9.18 Å². The van der Waals surface area contributed by atoms with Gasteiger partial charge in [-0.3, -0.25) is 9.48 Å². The fraction of sp³-hybridized carbons (Fsp3) is 0.304. The Hall–Kier alpha value is -2.64. The molecule has 2 heterocycles. The number of primary amides is 1. The highest BCUT2D eigenvalue weighted by Gasteiger charge is 2.42. The third-order valence-electron chi connectivity index (χ3n) is 5.72. The van der Waals surface area contributed by atoms with Crippen molar-refractivity contribution in [2.75, 3.05) is 6.61 Å². The number of carbonyl (C=O) groups is 1. The molecule has 7 heteroatoms. The number of aryl methyl sites for hydroxylation is 1. The fourth-order valence-corrected chi connectivity index (χ4v) is 4.95. The van der Waals surface area contributed by atoms with Crippen molar-refractivity contribution in [2.45, 2.75) is 41.1 Å². The summed E-state index contributed by atoms with van der Waals surface area (Å²) in [5, 5.41) is 4.19. The number of ether oxygens (including phenoxy) is 1. The molecule has 5 nitrogen and oxygen atoms in total. The van der Waals surface area contributed by atoms with Gasteiger partial charge in [-0.15, -0.1) is 0 Å². The normalized spacial score (nSPS) is 21.5. The van der Waals surface area contributed by atoms with E-state index in [1.165, 1.54) is 17.8 Å². The number of carbonyl (C=O) groups excluding carboxylic acids is 1. The van der Waals surface area contributed by atoms with Crippen molar-refractivity contribution in [1.29, 1.82) is 0 Å². The zero-order chi connectivity index (χ0) is 21.3. The van der Waals surface area contributed by atoms with Crippen molar-refractivity contribution < 1.29 is 13.9 Å². The predicted molar refractivity (Wildman–Crippen MR) is 115 cm³/mol. The Morgan fingerprint density at radius 2 is 2.03 bits per heavy atom. The van der Waals surface area contributed by atoms with Crippen LogP contribution in [0.1, 0.15) is 25.3 Å². The average molecular weight is 426 g/mol. The quantitative estimate of drug-likeness (QED) is 0.662. The highest BCUT2D eigenvalue weighted by Crippen LogP contribution is 2.40. The van der Waals surface area contributed by atoms with Crippen molar-refractivity contribution in [3.63, 3.8) is 0 Å². The first-order valence-corrected chi connectivity index (χ1v) is 10.7. The number of hydrogen-bond acceptors (Lipinski definition) is 4. The average Bonchev–Trinajstić information content (AvgIpc) is 3.16. The Labute approximate surface area is 179 Å². The SMILES string of the molecule is C[C@H]1C[C@](C(N)=O)(c2ccc(F)c(Sc3ccc(-c4ccnn4C)cc3)c2)CCO1. The van der Waals surface area contributed by atoms with Crippen LogP contribution in [0, 0.1) is 5.82 Å². The lowest BCUT2D eigenvalue weighted by atomic mass is 9.72. The minimum Gasteiger partial charge on any atom is -0.378 e. The molecule has 4 rings (SSSR count). The molecule has 1 fully saturated rings. The van der Waals surface area contributed by atoms with Crippen LogP contribution in [0.2, 0.25) is 0 Å². The van der Waals surface area contributed by atoms with E-state index >= 15 is 0 Å². The summed E-state index contributed by atoms with van der Waals surface area (Å²) < 4.78 is 22.0. The molecule has 0 bridgehead atoms. The summed E-state index contributed by atoms with van der Waals surface area (Å²) in [5.41, 5.74) is 7.78. The molecule has 2 N–H and O–H groups in total. The number of amides is 1. The second-order valence-electron chi connectivity index (χ2n) is 7.69. The number of benzene rings is 2. The van der Waals surface area contributed by atoms with E-state index in [1.54, 1.807) is 18.3 Å². The van der Waals surface area contributed by atoms with Crippen molar-refractivity contribution >= 4 is 17.7 Å². The van der Waals surface area contributed by atoms with Crippen molar-refractivity contribution in [2.24, 2.45) is 12.8 Å². The second kappa shape index (κ2) is 8.24. The lowest BCUT2D eigenvalue weighted by Gasteiger charge is -2.38. The second-order valence-corrected chi connectivity index (χ2v) is 8.81. The van der Waals surface area contributed by atoms with Gasteiger partial charge in [-0.1, -0.05) is 30.0 Å². The molecule has 2 aromatic carbocycles. The highest BCUT2D eigenvalue weighted by atomic mass is 32.2. The van der Waals surface area contributed by atoms with Gasteiger partial charge in [0.2, 0.25) is 5.91 Å². The third kappa shape index (κ3) is 3.87. The summed E-state index contributed by atoms with van der Waals surface area (Å²) in [6, 6.07) is 14.7. The van der Waals surface area contributed by atoms with Crippen molar-refractivity contribution in [1.82, 2.24) is 9.78 Å². The minimum atomic E-state index is -0.829. The van der Waals surface area contributed by atoms with Crippen LogP contribution in [0.15, 0.2) is 64.5 Å². The molecular weight excluding hydrogens is 401 g/mol. The summed E-state index contributed by atoms with van der Waals surface area (Å²) in [4.78, 5) is 13.8. The monoisotopic (exact) mass is 425 g/mol. The molecular formula is C23H24FN3O2S. The Kier molecular flexibility index (Phi) is 5.66. The van der Waals surface area contributed by atoms with Gasteiger partial charge in [0.15, 0.2) is 0 Å². The van der Waals surface area contributed by atoms with E-state index in [2.05, 4.69) is 5.10 Å². The summed E-state index contributed by atoms with van der Waals surface area (Å²) in [6.07, 6.45) is 2.68. The Bertz CT molecular complexity index is 1070. The highest BCUT2D eigenvalue weighted by molar-refractivity contribution is 7.99. The van der Waals surface area contributed by atoms with Crippen LogP contribution in [0.4, 0.5) is 4.39 Å². The summed E-state index contributed by atoms with van der Waals surface area (Å²) in [7, 11) is 1.89. The standard InChI is InChI=1S/C23H24FN3O2S/c1-15-14-23(22(25)28,10-12-29-15)17-5-8-19(24)21(13-17)30-18-6-3-16(4-7-18)20-9-11-26-27(20)2/h3-9,11,13,15H,10,12,14H2,1-2H3,(H2,25,28)/t15-,23-/m0/s1. The molecule has 1 aliphatic rings. The number of nitrogens with two attached hydrogens (primary N) is 1. The number of aromatic nitrogens is 2. The summed E-state index contributed by atoms with van der Waals surface area (Å²) in [6.45, 7) is 2.39. The first-order chi connectivity index (χ1) is 14.4. The topological polar surface area (TPSA) is 70.1 Å². The van der Waals surface area contributed by atoms with Gasteiger partial charge in [0.1, 0.15) is 5.82 Å². The molecule has 156 valence electrons. The van der Waals surface area contributed by atoms with Gasteiger partial charge in [-0.25, -0.2) is 4.39 Å². The molecule has 2 atom stereocenters. The lowest BCUT2D eigenvalue weighted by Crippen LogP contribution is -2.47. The van der Waals surface area contributed by atoms with Crippen LogP contribution in [-0.4, -0.2) is 28.4 Å². The van der Waals surface area contributed by atoms with Gasteiger partial charge in [0.25, 0.3) is 0 Å². The van der Waals surface area contributed by atoms with Crippen molar-refractivity contribution in [3.05, 3.63) is 66.1 Å². The smallest absolute Gasteiger partial charge is 0.228 e. The third-order valence-corrected chi connectivity index (χ3v) is 6.76. The molecule has 1 aromatic heterocycles. The lowest BCUT2D eigenvalue weighted by molar-refractivity contribution is -0.129. The maximum Gasteiger partial charge on any atom is 0.228 e. The van der Waals surface area contributed by atoms with E-state index in [1.807, 2.05) is 49.0 Å². The van der Waals surface area contributed by atoms with Crippen LogP contribution < -0.4 is 5.73 Å². The first-order valence-electron chi connectivity index (χ1n) is 9.87. The molecule has 0 saturated carbocycles. The molecule has 30 heavy (non-hydrogen) atoms. The van der Waals surface area contributed by atoms with Crippen LogP contribution in [0.3, 0.4) is 0 Å². The minimum absolute atomic E-state index is 0.0769. The summed E-state index contributed by atoms with van der Waals surface area (Å²) in [5.74, 6) is -0.708. The van der Waals surface area contributed by atoms with E-state index in [-0.39, 0.29) is 17.8 Å². The van der Waals surface area contributed by atoms with Gasteiger partial charge in [-0.05, 0) is 61.2 Å². The molecule has 1 amide bonds. The molecule has 1 saturated heterocycles. The predicted octanol–water partition coefficient (Wildman–Crippen LogP) is 4.30. The first kappa shape index (κ1) is 20.6. The Morgan fingerprint density at radius 1 is 1.27 bits per heavy atom. The molecule has 1 aliphatic heterocycles. The largest absolute Gasteiger partial charge is 0.378 e. The Morgan fingerprint density at radius 3 is 2.67 bits per heavy atom. The molecule has 3 aromatic rings. The van der Waals surface area contributed by atoms with E-state index in [4.69, 9.17) is 10.5 Å². The Balaban J connectivity index is 1.62. The van der Waals surface area contributed by atoms with E-state index < -0.39 is 5.41 Å². The van der Waals surface area contributed by atoms with Gasteiger partial charge < -0.3 is 10.5 Å². The number of nitrogens with zero attached hydrogens (tertiary/aromatic N) is 2. The van der Waals surface area contributed by atoms with Gasteiger partial charge in [0, 0.05) is 29.6 Å². The molecule has 0 radical (unpaired) electrons. The molecule has 0 aliphatic carbocycles. The number of hydrogen-bond donors (Lipinski definition) is 1. The van der Waals surface area contributed by atoms with Crippen LogP contribution in [0.25, 0.3) is 11.3 Å². The van der Waals surface area contributed by atoms with Crippen LogP contribution in [0.5, 0.6) is 0 Å². The van der Waals surface area contributed by atoms with Crippen LogP contribution in [-0.2, 0) is 22.0 Å². The van der Waals surface area contributed by atoms with Crippen molar-refractivity contribution in [3.8, 4) is 11.3 Å². The number of rotatable bonds is 5. The zero-order valence-corrected chi connectivity index (χ0v) is 17.8.